The summed E-state index contributed by atoms with van der Waals surface area (Å²) in [5.74, 6) is -0.422. The van der Waals surface area contributed by atoms with Gasteiger partial charge < -0.3 is 4.90 Å². The van der Waals surface area contributed by atoms with Crippen LogP contribution in [0.25, 0.3) is 11.1 Å². The zero-order valence-corrected chi connectivity index (χ0v) is 15.3. The Morgan fingerprint density at radius 3 is 2.58 bits per heavy atom. The van der Waals surface area contributed by atoms with Gasteiger partial charge in [0.2, 0.25) is 0 Å². The van der Waals surface area contributed by atoms with Crippen molar-refractivity contribution in [3.05, 3.63) is 76.5 Å². The van der Waals surface area contributed by atoms with Crippen LogP contribution in [0.3, 0.4) is 0 Å². The normalized spacial score (nSPS) is 15.7. The quantitative estimate of drug-likeness (QED) is 0.574. The Morgan fingerprint density at radius 1 is 1.23 bits per heavy atom. The number of hydrogen-bond donors (Lipinski definition) is 0. The predicted molar refractivity (Wildman–Crippen MR) is 105 cm³/mol. The van der Waals surface area contributed by atoms with Gasteiger partial charge in [0.25, 0.3) is 5.91 Å². The molecule has 0 saturated carbocycles. The summed E-state index contributed by atoms with van der Waals surface area (Å²) >= 11 is 1.47. The number of halogens is 1. The number of benzene rings is 2. The number of rotatable bonds is 4. The van der Waals surface area contributed by atoms with Gasteiger partial charge in [0, 0.05) is 25.1 Å². The molecular formula is C21H17FN2OS. The molecule has 0 radical (unpaired) electrons. The minimum Gasteiger partial charge on any atom is -0.311 e. The van der Waals surface area contributed by atoms with E-state index in [1.54, 1.807) is 24.1 Å². The van der Waals surface area contributed by atoms with Gasteiger partial charge in [-0.25, -0.2) is 4.39 Å². The van der Waals surface area contributed by atoms with E-state index in [1.807, 2.05) is 30.5 Å². The Morgan fingerprint density at radius 2 is 1.92 bits per heavy atom. The molecule has 0 aliphatic carbocycles. The molecule has 0 spiro atoms. The van der Waals surface area contributed by atoms with Crippen molar-refractivity contribution in [1.82, 2.24) is 0 Å². The summed E-state index contributed by atoms with van der Waals surface area (Å²) in [6.45, 7) is 0. The van der Waals surface area contributed by atoms with Crippen LogP contribution in [0.4, 0.5) is 10.1 Å². The molecule has 0 unspecified atom stereocenters. The van der Waals surface area contributed by atoms with E-state index in [-0.39, 0.29) is 11.7 Å². The summed E-state index contributed by atoms with van der Waals surface area (Å²) in [5, 5.41) is 9.02. The zero-order valence-electron chi connectivity index (χ0n) is 14.5. The Bertz CT molecular complexity index is 955. The maximum Gasteiger partial charge on any atom is 0.259 e. The van der Waals surface area contributed by atoms with E-state index < -0.39 is 0 Å². The van der Waals surface area contributed by atoms with Gasteiger partial charge in [0.15, 0.2) is 0 Å². The molecule has 3 nitrogen and oxygen atoms in total. The average Bonchev–Trinajstić information content (AvgIpc) is 2.91. The van der Waals surface area contributed by atoms with Gasteiger partial charge in [-0.3, -0.25) is 4.79 Å². The number of fused-ring (bicyclic) bond motifs is 1. The fourth-order valence-electron chi connectivity index (χ4n) is 3.08. The minimum absolute atomic E-state index is 0.0945. The molecule has 0 atom stereocenters. The molecule has 0 N–H and O–H groups in total. The molecule has 26 heavy (non-hydrogen) atoms. The minimum atomic E-state index is -0.328. The number of anilines is 1. The molecule has 2 aromatic rings. The molecule has 1 amide bonds. The lowest BCUT2D eigenvalue weighted by molar-refractivity contribution is -0.112. The van der Waals surface area contributed by atoms with Crippen LogP contribution >= 0.6 is 11.8 Å². The van der Waals surface area contributed by atoms with Crippen LogP contribution in [0.2, 0.25) is 0 Å². The third-order valence-electron chi connectivity index (χ3n) is 4.39. The van der Waals surface area contributed by atoms with Gasteiger partial charge in [-0.2, -0.15) is 5.26 Å². The Balaban J connectivity index is 2.25. The van der Waals surface area contributed by atoms with Crippen molar-refractivity contribution in [3.8, 4) is 6.07 Å². The first-order chi connectivity index (χ1) is 12.6. The fourth-order valence-corrected chi connectivity index (χ4v) is 3.53. The van der Waals surface area contributed by atoms with Gasteiger partial charge in [-0.1, -0.05) is 30.3 Å². The van der Waals surface area contributed by atoms with Crippen molar-refractivity contribution >= 4 is 34.5 Å². The molecule has 1 aliphatic rings. The van der Waals surface area contributed by atoms with Crippen LogP contribution in [-0.2, 0) is 4.79 Å². The molecule has 1 aliphatic heterocycles. The summed E-state index contributed by atoms with van der Waals surface area (Å²) in [4.78, 5) is 15.4. The second-order valence-electron chi connectivity index (χ2n) is 5.86. The van der Waals surface area contributed by atoms with E-state index in [0.717, 1.165) is 27.3 Å². The highest BCUT2D eigenvalue weighted by molar-refractivity contribution is 8.02. The lowest BCUT2D eigenvalue weighted by Crippen LogP contribution is -2.20. The van der Waals surface area contributed by atoms with Gasteiger partial charge in [-0.05, 0) is 40.5 Å². The number of nitriles is 1. The van der Waals surface area contributed by atoms with Gasteiger partial charge >= 0.3 is 0 Å². The van der Waals surface area contributed by atoms with Gasteiger partial charge in [0.05, 0.1) is 17.3 Å². The smallest absolute Gasteiger partial charge is 0.259 e. The monoisotopic (exact) mass is 364 g/mol. The fraction of sp³-hybridized carbons (Fsp3) is 0.143. The second kappa shape index (κ2) is 7.59. The molecule has 0 aromatic heterocycles. The zero-order chi connectivity index (χ0) is 18.7. The van der Waals surface area contributed by atoms with Gasteiger partial charge in [-0.15, -0.1) is 11.8 Å². The Labute approximate surface area is 156 Å². The molecule has 130 valence electrons. The number of amides is 1. The third kappa shape index (κ3) is 3.29. The highest BCUT2D eigenvalue weighted by atomic mass is 32.2. The number of carbonyl (C=O) groups is 1. The molecule has 0 fully saturated rings. The highest BCUT2D eigenvalue weighted by Gasteiger charge is 2.32. The number of hydrogen-bond acceptors (Lipinski definition) is 3. The number of nitrogens with zero attached hydrogens (tertiary/aromatic N) is 2. The number of para-hydroxylation sites is 1. The summed E-state index contributed by atoms with van der Waals surface area (Å²) < 4.78 is 13.4. The topological polar surface area (TPSA) is 44.1 Å². The van der Waals surface area contributed by atoms with E-state index >= 15 is 0 Å². The largest absolute Gasteiger partial charge is 0.311 e. The summed E-state index contributed by atoms with van der Waals surface area (Å²) in [7, 11) is 1.75. The summed E-state index contributed by atoms with van der Waals surface area (Å²) in [6, 6.07) is 15.8. The van der Waals surface area contributed by atoms with E-state index in [9.17, 15) is 9.18 Å². The second-order valence-corrected chi connectivity index (χ2v) is 6.80. The van der Waals surface area contributed by atoms with Crippen molar-refractivity contribution in [1.29, 1.82) is 5.26 Å². The molecule has 0 saturated heterocycles. The standard InChI is InChI=1S/C21H17FN2OS/c1-24-19-6-4-3-5-17(19)20(21(24)25)18(13-16(26-2)11-12-23)14-7-9-15(22)10-8-14/h3-11H,13H2,1-2H3/b16-11-,20-18+. The van der Waals surface area contributed by atoms with Crippen LogP contribution in [0.1, 0.15) is 17.5 Å². The molecular weight excluding hydrogens is 347 g/mol. The van der Waals surface area contributed by atoms with E-state index in [1.165, 1.54) is 30.0 Å². The van der Waals surface area contributed by atoms with Crippen LogP contribution in [-0.4, -0.2) is 19.2 Å². The van der Waals surface area contributed by atoms with Crippen molar-refractivity contribution in [2.75, 3.05) is 18.2 Å². The molecule has 0 bridgehead atoms. The van der Waals surface area contributed by atoms with Crippen molar-refractivity contribution in [2.45, 2.75) is 6.42 Å². The molecule has 2 aromatic carbocycles. The summed E-state index contributed by atoms with van der Waals surface area (Å²) in [6.07, 6.45) is 3.82. The molecule has 3 rings (SSSR count). The van der Waals surface area contributed by atoms with Crippen LogP contribution in [0.15, 0.2) is 59.5 Å². The number of likely N-dealkylation sites (N-methyl/N-ethyl adjacent to an activating group) is 1. The Kier molecular flexibility index (Phi) is 5.24. The van der Waals surface area contributed by atoms with Crippen LogP contribution < -0.4 is 4.90 Å². The molecule has 1 heterocycles. The van der Waals surface area contributed by atoms with Crippen LogP contribution in [0.5, 0.6) is 0 Å². The maximum atomic E-state index is 13.4. The maximum absolute atomic E-state index is 13.4. The van der Waals surface area contributed by atoms with E-state index in [2.05, 4.69) is 6.07 Å². The summed E-state index contributed by atoms with van der Waals surface area (Å²) in [5.41, 5.74) is 3.88. The SMILES string of the molecule is CS/C(=C\C#N)C/C(=C1\C(=O)N(C)c2ccccc21)c1ccc(F)cc1. The van der Waals surface area contributed by atoms with Gasteiger partial charge in [0.1, 0.15) is 5.82 Å². The first kappa shape index (κ1) is 18.0. The third-order valence-corrected chi connectivity index (χ3v) is 5.17. The first-order valence-electron chi connectivity index (χ1n) is 8.06. The number of carbonyl (C=O) groups excluding carboxylic acids is 1. The lowest BCUT2D eigenvalue weighted by atomic mass is 9.93. The first-order valence-corrected chi connectivity index (χ1v) is 9.28. The van der Waals surface area contributed by atoms with Crippen molar-refractivity contribution in [2.24, 2.45) is 0 Å². The Hall–Kier alpha value is -2.84. The number of thioether (sulfide) groups is 1. The lowest BCUT2D eigenvalue weighted by Gasteiger charge is -2.13. The van der Waals surface area contributed by atoms with E-state index in [4.69, 9.17) is 5.26 Å². The van der Waals surface area contributed by atoms with Crippen molar-refractivity contribution in [3.63, 3.8) is 0 Å². The predicted octanol–water partition coefficient (Wildman–Crippen LogP) is 4.87. The molecule has 5 heteroatoms. The van der Waals surface area contributed by atoms with Crippen LogP contribution in [0, 0.1) is 17.1 Å². The van der Waals surface area contributed by atoms with E-state index in [0.29, 0.717) is 12.0 Å². The highest BCUT2D eigenvalue weighted by Crippen LogP contribution is 2.42. The number of allylic oxidation sites excluding steroid dienone is 3. The average molecular weight is 364 g/mol. The van der Waals surface area contributed by atoms with Crippen molar-refractivity contribution < 1.29 is 9.18 Å².